The molecule has 0 aliphatic carbocycles. The van der Waals surface area contributed by atoms with Gasteiger partial charge in [0.25, 0.3) is 5.91 Å². The molecule has 3 aromatic rings. The second-order valence-electron chi connectivity index (χ2n) is 11.2. The first kappa shape index (κ1) is 31.8. The molecule has 1 aromatic carbocycles. The lowest BCUT2D eigenvalue weighted by Crippen LogP contribution is -2.50. The summed E-state index contributed by atoms with van der Waals surface area (Å²) in [7, 11) is 2.09. The molecule has 0 fully saturated rings. The molecular weight excluding hydrogens is 518 g/mol. The van der Waals surface area contributed by atoms with E-state index in [-0.39, 0.29) is 23.8 Å². The molecule has 0 spiro atoms. The van der Waals surface area contributed by atoms with E-state index in [1.165, 1.54) is 4.88 Å². The standard InChI is InChI=1S/C32H49N5O2S/c1-8-13-25(36(7)11-4)21-33-32(39)28(18-22(5)6)35-31(38)23-15-16-29-27(19-23)34-30(20-26-14-12-17-40-26)37(29)24(9-2)10-3/h12,14-17,19,22,24-25,28H,8-11,13,18,20-21H2,1-7H3,(H,33,39)(H,35,38). The number of nitrogens with one attached hydrogen (secondary N) is 2. The van der Waals surface area contributed by atoms with E-state index in [4.69, 9.17) is 4.98 Å². The predicted octanol–water partition coefficient (Wildman–Crippen LogP) is 6.43. The summed E-state index contributed by atoms with van der Waals surface area (Å²) in [6.07, 6.45) is 5.45. The number of aromatic nitrogens is 2. The van der Waals surface area contributed by atoms with Crippen molar-refractivity contribution in [3.8, 4) is 0 Å². The van der Waals surface area contributed by atoms with Crippen LogP contribution in [0.15, 0.2) is 35.7 Å². The summed E-state index contributed by atoms with van der Waals surface area (Å²) in [5.74, 6) is 0.929. The highest BCUT2D eigenvalue weighted by Gasteiger charge is 2.25. The van der Waals surface area contributed by atoms with Crippen LogP contribution in [0.5, 0.6) is 0 Å². The van der Waals surface area contributed by atoms with Crippen molar-refractivity contribution in [3.63, 3.8) is 0 Å². The smallest absolute Gasteiger partial charge is 0.252 e. The number of rotatable bonds is 16. The number of hydrogen-bond donors (Lipinski definition) is 2. The van der Waals surface area contributed by atoms with Gasteiger partial charge in [-0.25, -0.2) is 4.98 Å². The summed E-state index contributed by atoms with van der Waals surface area (Å²) in [6.45, 7) is 14.4. The molecule has 2 unspecified atom stereocenters. The monoisotopic (exact) mass is 567 g/mol. The average molecular weight is 568 g/mol. The molecule has 2 heterocycles. The molecule has 0 bridgehead atoms. The van der Waals surface area contributed by atoms with Gasteiger partial charge in [0.1, 0.15) is 11.9 Å². The Morgan fingerprint density at radius 1 is 1.10 bits per heavy atom. The molecule has 2 aromatic heterocycles. The minimum atomic E-state index is -0.589. The molecule has 7 nitrogen and oxygen atoms in total. The van der Waals surface area contributed by atoms with E-state index in [0.29, 0.717) is 24.6 Å². The van der Waals surface area contributed by atoms with Crippen molar-refractivity contribution < 1.29 is 9.59 Å². The molecule has 0 aliphatic rings. The van der Waals surface area contributed by atoms with Crippen molar-refractivity contribution in [3.05, 3.63) is 52.0 Å². The van der Waals surface area contributed by atoms with Gasteiger partial charge in [0.05, 0.1) is 11.0 Å². The van der Waals surface area contributed by atoms with Gasteiger partial charge in [-0.1, -0.05) is 54.0 Å². The van der Waals surface area contributed by atoms with E-state index in [0.717, 1.165) is 55.5 Å². The van der Waals surface area contributed by atoms with Crippen LogP contribution in [0.4, 0.5) is 0 Å². The molecule has 40 heavy (non-hydrogen) atoms. The van der Waals surface area contributed by atoms with E-state index < -0.39 is 6.04 Å². The van der Waals surface area contributed by atoms with Crippen molar-refractivity contribution in [2.45, 2.75) is 98.2 Å². The number of carbonyl (C=O) groups excluding carboxylic acids is 2. The van der Waals surface area contributed by atoms with Crippen LogP contribution in [0.1, 0.15) is 101 Å². The Labute approximate surface area is 244 Å². The van der Waals surface area contributed by atoms with Crippen molar-refractivity contribution in [1.29, 1.82) is 0 Å². The number of hydrogen-bond acceptors (Lipinski definition) is 5. The third-order valence-electron chi connectivity index (χ3n) is 7.83. The van der Waals surface area contributed by atoms with Gasteiger partial charge >= 0.3 is 0 Å². The Hall–Kier alpha value is -2.71. The van der Waals surface area contributed by atoms with Gasteiger partial charge in [-0.3, -0.25) is 9.59 Å². The number of likely N-dealkylation sites (N-methyl/N-ethyl adjacent to an activating group) is 1. The number of fused-ring (bicyclic) bond motifs is 1. The molecule has 0 aliphatic heterocycles. The number of imidazole rings is 1. The van der Waals surface area contributed by atoms with Gasteiger partial charge < -0.3 is 20.1 Å². The van der Waals surface area contributed by atoms with Crippen LogP contribution in [-0.4, -0.2) is 58.5 Å². The summed E-state index contributed by atoms with van der Waals surface area (Å²) in [4.78, 5) is 35.2. The highest BCUT2D eigenvalue weighted by atomic mass is 32.1. The lowest BCUT2D eigenvalue weighted by Gasteiger charge is -2.28. The number of thiophene rings is 1. The lowest BCUT2D eigenvalue weighted by atomic mass is 10.0. The summed E-state index contributed by atoms with van der Waals surface area (Å²) >= 11 is 1.74. The van der Waals surface area contributed by atoms with Crippen LogP contribution >= 0.6 is 11.3 Å². The van der Waals surface area contributed by atoms with E-state index in [2.05, 4.69) is 86.2 Å². The van der Waals surface area contributed by atoms with Gasteiger partial charge in [0.2, 0.25) is 5.91 Å². The molecule has 220 valence electrons. The van der Waals surface area contributed by atoms with Gasteiger partial charge in [-0.05, 0) is 74.8 Å². The van der Waals surface area contributed by atoms with E-state index >= 15 is 0 Å². The highest BCUT2D eigenvalue weighted by molar-refractivity contribution is 7.09. The van der Waals surface area contributed by atoms with E-state index in [9.17, 15) is 9.59 Å². The Balaban J connectivity index is 1.82. The highest BCUT2D eigenvalue weighted by Crippen LogP contribution is 2.28. The third-order valence-corrected chi connectivity index (χ3v) is 8.71. The Morgan fingerprint density at radius 2 is 1.85 bits per heavy atom. The lowest BCUT2D eigenvalue weighted by molar-refractivity contribution is -0.123. The summed E-state index contributed by atoms with van der Waals surface area (Å²) in [5, 5.41) is 8.25. The minimum Gasteiger partial charge on any atom is -0.353 e. The molecule has 2 amide bonds. The fourth-order valence-electron chi connectivity index (χ4n) is 5.40. The zero-order valence-electron chi connectivity index (χ0n) is 25.5. The number of nitrogens with zero attached hydrogens (tertiary/aromatic N) is 3. The van der Waals surface area contributed by atoms with Crippen molar-refractivity contribution in [2.24, 2.45) is 5.92 Å². The van der Waals surface area contributed by atoms with Crippen LogP contribution in [0.25, 0.3) is 11.0 Å². The quantitative estimate of drug-likeness (QED) is 0.209. The van der Waals surface area contributed by atoms with Crippen LogP contribution in [0.2, 0.25) is 0 Å². The summed E-state index contributed by atoms with van der Waals surface area (Å²) in [6, 6.07) is 10.0. The number of carbonyl (C=O) groups is 2. The Kier molecular flexibility index (Phi) is 12.2. The largest absolute Gasteiger partial charge is 0.353 e. The second-order valence-corrected chi connectivity index (χ2v) is 12.3. The van der Waals surface area contributed by atoms with Gasteiger partial charge in [-0.2, -0.15) is 0 Å². The third kappa shape index (κ3) is 8.16. The molecule has 2 N–H and O–H groups in total. The first-order chi connectivity index (χ1) is 19.2. The molecule has 0 saturated carbocycles. The second kappa shape index (κ2) is 15.3. The summed E-state index contributed by atoms with van der Waals surface area (Å²) < 4.78 is 2.35. The van der Waals surface area contributed by atoms with Crippen LogP contribution in [-0.2, 0) is 11.2 Å². The van der Waals surface area contributed by atoms with Crippen LogP contribution < -0.4 is 10.6 Å². The number of benzene rings is 1. The van der Waals surface area contributed by atoms with Crippen molar-refractivity contribution in [2.75, 3.05) is 20.1 Å². The van der Waals surface area contributed by atoms with E-state index in [1.54, 1.807) is 11.3 Å². The molecule has 0 radical (unpaired) electrons. The Morgan fingerprint density at radius 3 is 2.45 bits per heavy atom. The van der Waals surface area contributed by atoms with Gasteiger partial charge in [0, 0.05) is 35.5 Å². The Bertz CT molecular complexity index is 1220. The number of amides is 2. The van der Waals surface area contributed by atoms with E-state index in [1.807, 2.05) is 18.2 Å². The van der Waals surface area contributed by atoms with Crippen LogP contribution in [0.3, 0.4) is 0 Å². The zero-order valence-corrected chi connectivity index (χ0v) is 26.3. The zero-order chi connectivity index (χ0) is 29.2. The molecule has 3 rings (SSSR count). The van der Waals surface area contributed by atoms with Gasteiger partial charge in [-0.15, -0.1) is 11.3 Å². The topological polar surface area (TPSA) is 79.3 Å². The maximum atomic E-state index is 13.4. The maximum Gasteiger partial charge on any atom is 0.252 e. The van der Waals surface area contributed by atoms with Crippen LogP contribution in [0, 0.1) is 5.92 Å². The fraction of sp³-hybridized carbons (Fsp3) is 0.594. The first-order valence-electron chi connectivity index (χ1n) is 15.0. The van der Waals surface area contributed by atoms with Crippen molar-refractivity contribution in [1.82, 2.24) is 25.1 Å². The maximum absolute atomic E-state index is 13.4. The SMILES string of the molecule is CCCC(CNC(=O)C(CC(C)C)NC(=O)c1ccc2c(c1)nc(Cc1cccs1)n2C(CC)CC)N(C)CC. The van der Waals surface area contributed by atoms with Crippen molar-refractivity contribution >= 4 is 34.2 Å². The average Bonchev–Trinajstić information content (AvgIpc) is 3.58. The molecule has 8 heteroatoms. The normalized spacial score (nSPS) is 13.3. The first-order valence-corrected chi connectivity index (χ1v) is 15.9. The molecule has 0 saturated heterocycles. The van der Waals surface area contributed by atoms with Gasteiger partial charge in [0.15, 0.2) is 0 Å². The minimum absolute atomic E-state index is 0.120. The fourth-order valence-corrected chi connectivity index (χ4v) is 6.10. The predicted molar refractivity (Wildman–Crippen MR) is 167 cm³/mol. The summed E-state index contributed by atoms with van der Waals surface area (Å²) in [5.41, 5.74) is 2.40. The molecular formula is C32H49N5O2S. The molecule has 2 atom stereocenters.